The summed E-state index contributed by atoms with van der Waals surface area (Å²) >= 11 is 1.37. The van der Waals surface area contributed by atoms with Crippen molar-refractivity contribution in [3.05, 3.63) is 70.7 Å². The van der Waals surface area contributed by atoms with E-state index in [1.165, 1.54) is 11.3 Å². The van der Waals surface area contributed by atoms with Gasteiger partial charge in [-0.15, -0.1) is 11.3 Å². The van der Waals surface area contributed by atoms with Crippen LogP contribution in [0.3, 0.4) is 0 Å². The summed E-state index contributed by atoms with van der Waals surface area (Å²) in [6, 6.07) is 15.3. The van der Waals surface area contributed by atoms with E-state index in [2.05, 4.69) is 15.8 Å². The van der Waals surface area contributed by atoms with E-state index >= 15 is 0 Å². The first kappa shape index (κ1) is 18.6. The number of ether oxygens (including phenoxy) is 1. The summed E-state index contributed by atoms with van der Waals surface area (Å²) in [6.45, 7) is 3.75. The van der Waals surface area contributed by atoms with E-state index in [9.17, 15) is 9.59 Å². The Morgan fingerprint density at radius 2 is 1.81 bits per heavy atom. The molecule has 0 fully saturated rings. The third-order valence-corrected chi connectivity index (χ3v) is 4.60. The van der Waals surface area contributed by atoms with Crippen LogP contribution in [-0.4, -0.2) is 23.4 Å². The number of nitrogens with zero attached hydrogens (tertiary/aromatic N) is 1. The number of carbonyl (C=O) groups excluding carboxylic acids is 2. The molecule has 3 rings (SSSR count). The average Bonchev–Trinajstić information content (AvgIpc) is 3.15. The highest BCUT2D eigenvalue weighted by atomic mass is 32.1. The molecule has 2 N–H and O–H groups in total. The largest absolute Gasteiger partial charge is 0.484 e. The molecule has 1 aromatic heterocycles. The second kappa shape index (κ2) is 8.46. The molecule has 0 aliphatic heterocycles. The fraction of sp³-hybridized carbons (Fsp3) is 0.150. The number of carbonyl (C=O) groups is 2. The molecular weight excluding hydrogens is 362 g/mol. The summed E-state index contributed by atoms with van der Waals surface area (Å²) in [4.78, 5) is 28.3. The molecule has 6 nitrogen and oxygen atoms in total. The summed E-state index contributed by atoms with van der Waals surface area (Å²) < 4.78 is 5.38. The van der Waals surface area contributed by atoms with E-state index in [1.807, 2.05) is 56.3 Å². The van der Waals surface area contributed by atoms with Gasteiger partial charge in [-0.1, -0.05) is 42.0 Å². The monoisotopic (exact) mass is 381 g/mol. The molecule has 0 radical (unpaired) electrons. The van der Waals surface area contributed by atoms with Gasteiger partial charge in [0.25, 0.3) is 11.8 Å². The predicted molar refractivity (Wildman–Crippen MR) is 105 cm³/mol. The van der Waals surface area contributed by atoms with E-state index in [-0.39, 0.29) is 12.3 Å². The van der Waals surface area contributed by atoms with Crippen molar-refractivity contribution in [2.45, 2.75) is 13.8 Å². The molecule has 0 saturated carbocycles. The average molecular weight is 381 g/mol. The maximum atomic E-state index is 12.1. The molecule has 0 spiro atoms. The van der Waals surface area contributed by atoms with Crippen molar-refractivity contribution in [1.29, 1.82) is 0 Å². The van der Waals surface area contributed by atoms with E-state index in [1.54, 1.807) is 11.4 Å². The third kappa shape index (κ3) is 5.15. The number of hydrogen-bond donors (Lipinski definition) is 2. The zero-order chi connectivity index (χ0) is 19.2. The van der Waals surface area contributed by atoms with Gasteiger partial charge in [0.2, 0.25) is 0 Å². The van der Waals surface area contributed by atoms with Gasteiger partial charge in [0.05, 0.1) is 0 Å². The molecule has 0 aliphatic carbocycles. The van der Waals surface area contributed by atoms with E-state index < -0.39 is 11.8 Å². The molecule has 0 unspecified atom stereocenters. The summed E-state index contributed by atoms with van der Waals surface area (Å²) in [5.74, 6) is -0.342. The Kier molecular flexibility index (Phi) is 5.83. The molecule has 27 heavy (non-hydrogen) atoms. The number of aromatic nitrogens is 1. The van der Waals surface area contributed by atoms with Gasteiger partial charge in [-0.05, 0) is 31.5 Å². The smallest absolute Gasteiger partial charge is 0.289 e. The molecule has 0 bridgehead atoms. The molecule has 2 aromatic carbocycles. The third-order valence-electron chi connectivity index (χ3n) is 3.71. The fourth-order valence-electron chi connectivity index (χ4n) is 2.29. The Labute approximate surface area is 161 Å². The van der Waals surface area contributed by atoms with Gasteiger partial charge in [0.15, 0.2) is 6.61 Å². The van der Waals surface area contributed by atoms with E-state index in [4.69, 9.17) is 4.74 Å². The normalized spacial score (nSPS) is 10.3. The number of rotatable bonds is 5. The Bertz CT molecular complexity index is 951. The minimum Gasteiger partial charge on any atom is -0.484 e. The van der Waals surface area contributed by atoms with Gasteiger partial charge in [-0.3, -0.25) is 20.4 Å². The van der Waals surface area contributed by atoms with Crippen molar-refractivity contribution < 1.29 is 14.3 Å². The van der Waals surface area contributed by atoms with Gasteiger partial charge in [0, 0.05) is 10.9 Å². The number of hydrazine groups is 1. The Hall–Kier alpha value is -3.19. The molecular formula is C20H19N3O3S. The van der Waals surface area contributed by atoms with Crippen LogP contribution in [-0.2, 0) is 4.79 Å². The lowest BCUT2D eigenvalue weighted by atomic mass is 10.2. The van der Waals surface area contributed by atoms with Crippen LogP contribution in [0.15, 0.2) is 53.9 Å². The molecule has 3 aromatic rings. The Balaban J connectivity index is 1.50. The predicted octanol–water partition coefficient (Wildman–Crippen LogP) is 3.27. The minimum absolute atomic E-state index is 0.199. The first-order valence-electron chi connectivity index (χ1n) is 8.32. The summed E-state index contributed by atoms with van der Waals surface area (Å²) in [6.07, 6.45) is 0. The fourth-order valence-corrected chi connectivity index (χ4v) is 3.09. The standard InChI is InChI=1S/C20H19N3O3S/c1-13-6-8-15(9-7-13)20-21-17(12-27-20)19(25)23-22-18(24)11-26-16-5-3-4-14(2)10-16/h3-10,12H,11H2,1-2H3,(H,22,24)(H,23,25). The highest BCUT2D eigenvalue weighted by molar-refractivity contribution is 7.13. The van der Waals surface area contributed by atoms with Crippen LogP contribution in [0.5, 0.6) is 5.75 Å². The number of thiazole rings is 1. The molecule has 2 amide bonds. The Morgan fingerprint density at radius 3 is 2.56 bits per heavy atom. The first-order chi connectivity index (χ1) is 13.0. The van der Waals surface area contributed by atoms with Crippen LogP contribution in [0, 0.1) is 13.8 Å². The molecule has 1 heterocycles. The second-order valence-corrected chi connectivity index (χ2v) is 6.87. The quantitative estimate of drug-likeness (QED) is 0.665. The molecule has 0 saturated heterocycles. The lowest BCUT2D eigenvalue weighted by Crippen LogP contribution is -2.43. The lowest BCUT2D eigenvalue weighted by Gasteiger charge is -2.08. The molecule has 0 atom stereocenters. The van der Waals surface area contributed by atoms with Crippen molar-refractivity contribution >= 4 is 23.2 Å². The maximum absolute atomic E-state index is 12.1. The van der Waals surface area contributed by atoms with Gasteiger partial charge in [-0.25, -0.2) is 4.98 Å². The van der Waals surface area contributed by atoms with Gasteiger partial charge < -0.3 is 4.74 Å². The van der Waals surface area contributed by atoms with Crippen molar-refractivity contribution in [2.75, 3.05) is 6.61 Å². The van der Waals surface area contributed by atoms with Crippen molar-refractivity contribution in [3.8, 4) is 16.3 Å². The van der Waals surface area contributed by atoms with Gasteiger partial charge in [0.1, 0.15) is 16.5 Å². The number of benzene rings is 2. The highest BCUT2D eigenvalue weighted by Gasteiger charge is 2.13. The number of hydrogen-bond acceptors (Lipinski definition) is 5. The van der Waals surface area contributed by atoms with E-state index in [0.29, 0.717) is 5.75 Å². The second-order valence-electron chi connectivity index (χ2n) is 6.01. The van der Waals surface area contributed by atoms with Crippen molar-refractivity contribution in [3.63, 3.8) is 0 Å². The minimum atomic E-state index is -0.478. The van der Waals surface area contributed by atoms with Crippen LogP contribution in [0.2, 0.25) is 0 Å². The number of aryl methyl sites for hydroxylation is 2. The summed E-state index contributed by atoms with van der Waals surface area (Å²) in [5, 5.41) is 2.40. The van der Waals surface area contributed by atoms with Crippen LogP contribution >= 0.6 is 11.3 Å². The zero-order valence-corrected chi connectivity index (χ0v) is 15.8. The topological polar surface area (TPSA) is 80.3 Å². The SMILES string of the molecule is Cc1ccc(-c2nc(C(=O)NNC(=O)COc3cccc(C)c3)cs2)cc1. The Morgan fingerprint density at radius 1 is 1.04 bits per heavy atom. The van der Waals surface area contributed by atoms with Crippen LogP contribution < -0.4 is 15.6 Å². The maximum Gasteiger partial charge on any atom is 0.289 e. The van der Waals surface area contributed by atoms with Crippen molar-refractivity contribution in [2.24, 2.45) is 0 Å². The van der Waals surface area contributed by atoms with Gasteiger partial charge >= 0.3 is 0 Å². The first-order valence-corrected chi connectivity index (χ1v) is 9.20. The summed E-state index contributed by atoms with van der Waals surface area (Å²) in [7, 11) is 0. The highest BCUT2D eigenvalue weighted by Crippen LogP contribution is 2.23. The number of nitrogens with one attached hydrogen (secondary N) is 2. The zero-order valence-electron chi connectivity index (χ0n) is 15.0. The van der Waals surface area contributed by atoms with E-state index in [0.717, 1.165) is 21.7 Å². The van der Waals surface area contributed by atoms with Crippen LogP contribution in [0.1, 0.15) is 21.6 Å². The summed E-state index contributed by atoms with van der Waals surface area (Å²) in [5.41, 5.74) is 8.05. The van der Waals surface area contributed by atoms with Gasteiger partial charge in [-0.2, -0.15) is 0 Å². The molecule has 7 heteroatoms. The van der Waals surface area contributed by atoms with Crippen LogP contribution in [0.25, 0.3) is 10.6 Å². The molecule has 0 aliphatic rings. The lowest BCUT2D eigenvalue weighted by molar-refractivity contribution is -0.123. The number of amides is 2. The molecule has 138 valence electrons. The van der Waals surface area contributed by atoms with Crippen LogP contribution in [0.4, 0.5) is 0 Å². The van der Waals surface area contributed by atoms with Crippen molar-refractivity contribution in [1.82, 2.24) is 15.8 Å².